The number of carbonyl (C=O) groups excluding carboxylic acids is 2. The average Bonchev–Trinajstić information content (AvgIpc) is 3.75. The predicted molar refractivity (Wildman–Crippen MR) is 142 cm³/mol. The van der Waals surface area contributed by atoms with E-state index in [1.807, 2.05) is 18.0 Å². The van der Waals surface area contributed by atoms with E-state index in [4.69, 9.17) is 9.72 Å². The molecule has 0 atom stereocenters. The number of hydrogen-bond donors (Lipinski definition) is 1. The van der Waals surface area contributed by atoms with E-state index < -0.39 is 0 Å². The molecule has 1 N–H and O–H groups in total. The molecule has 0 unspecified atom stereocenters. The molecule has 0 bridgehead atoms. The van der Waals surface area contributed by atoms with Crippen LogP contribution in [0.25, 0.3) is 0 Å². The largest absolute Gasteiger partial charge is 0.495 e. The number of aromatic nitrogens is 2. The van der Waals surface area contributed by atoms with E-state index in [0.717, 1.165) is 49.7 Å². The molecule has 1 aliphatic carbocycles. The minimum atomic E-state index is -0.135. The maximum Gasteiger partial charge on any atom is 0.251 e. The van der Waals surface area contributed by atoms with Gasteiger partial charge in [-0.2, -0.15) is 4.98 Å². The molecule has 1 fully saturated rings. The highest BCUT2D eigenvalue weighted by atomic mass is 16.5. The van der Waals surface area contributed by atoms with Crippen LogP contribution in [-0.2, 0) is 4.79 Å². The number of likely N-dealkylation sites (N-methyl/N-ethyl adjacent to an activating group) is 1. The van der Waals surface area contributed by atoms with Gasteiger partial charge >= 0.3 is 0 Å². The Morgan fingerprint density at radius 3 is 2.67 bits per heavy atom. The number of anilines is 4. The van der Waals surface area contributed by atoms with Gasteiger partial charge in [0.25, 0.3) is 5.91 Å². The zero-order valence-electron chi connectivity index (χ0n) is 22.0. The molecule has 36 heavy (non-hydrogen) atoms. The van der Waals surface area contributed by atoms with Crippen molar-refractivity contribution in [2.45, 2.75) is 39.2 Å². The number of benzene rings is 1. The second-order valence-electron chi connectivity index (χ2n) is 9.23. The third-order valence-electron chi connectivity index (χ3n) is 7.01. The predicted octanol–water partition coefficient (Wildman–Crippen LogP) is 2.66. The number of hydrogen-bond acceptors (Lipinski definition) is 8. The van der Waals surface area contributed by atoms with Gasteiger partial charge in [-0.25, -0.2) is 4.98 Å². The summed E-state index contributed by atoms with van der Waals surface area (Å²) in [5.74, 6) is 1.77. The standard InChI is InChI=1S/C26H37N7O3/c1-6-32(7-2)15-13-27-25(35)18-8-11-20(22(16-18)36-5)31(4)26-28-17-21-24(29-26)33(19-9-10-19)14-12-23(34)30(21)3/h8,11,16-17,19H,6-7,9-10,12-15H2,1-5H3,(H,27,35). The van der Waals surface area contributed by atoms with Gasteiger partial charge in [0, 0.05) is 51.8 Å². The summed E-state index contributed by atoms with van der Waals surface area (Å²) in [6, 6.07) is 5.80. The summed E-state index contributed by atoms with van der Waals surface area (Å²) in [6.07, 6.45) is 4.40. The maximum atomic E-state index is 12.7. The zero-order valence-corrected chi connectivity index (χ0v) is 22.0. The first-order valence-corrected chi connectivity index (χ1v) is 12.7. The highest BCUT2D eigenvalue weighted by Crippen LogP contribution is 2.39. The first kappa shape index (κ1) is 25.7. The molecule has 1 aromatic carbocycles. The SMILES string of the molecule is CCN(CC)CCNC(=O)c1ccc(N(C)c2ncc3c(n2)N(C2CC2)CCC(=O)N3C)c(OC)c1. The van der Waals surface area contributed by atoms with Gasteiger partial charge < -0.3 is 29.7 Å². The summed E-state index contributed by atoms with van der Waals surface area (Å²) in [5, 5.41) is 2.99. The fourth-order valence-electron chi connectivity index (χ4n) is 4.51. The van der Waals surface area contributed by atoms with Crippen LogP contribution in [0.1, 0.15) is 43.5 Å². The van der Waals surface area contributed by atoms with Crippen LogP contribution in [-0.4, -0.2) is 86.7 Å². The summed E-state index contributed by atoms with van der Waals surface area (Å²) in [5.41, 5.74) is 2.00. The lowest BCUT2D eigenvalue weighted by atomic mass is 10.1. The van der Waals surface area contributed by atoms with E-state index in [2.05, 4.69) is 33.9 Å². The number of fused-ring (bicyclic) bond motifs is 1. The van der Waals surface area contributed by atoms with Crippen LogP contribution in [0.5, 0.6) is 5.75 Å². The summed E-state index contributed by atoms with van der Waals surface area (Å²) in [7, 11) is 5.23. The lowest BCUT2D eigenvalue weighted by molar-refractivity contribution is -0.118. The van der Waals surface area contributed by atoms with Crippen LogP contribution in [0.4, 0.5) is 23.1 Å². The van der Waals surface area contributed by atoms with Crippen LogP contribution in [0, 0.1) is 0 Å². The molecule has 2 aromatic rings. The molecule has 1 saturated carbocycles. The number of rotatable bonds is 10. The number of carbonyl (C=O) groups is 2. The Morgan fingerprint density at radius 1 is 1.25 bits per heavy atom. The van der Waals surface area contributed by atoms with Crippen LogP contribution >= 0.6 is 0 Å². The van der Waals surface area contributed by atoms with Gasteiger partial charge in [0.2, 0.25) is 11.9 Å². The second kappa shape index (κ2) is 11.1. The maximum absolute atomic E-state index is 12.7. The Bertz CT molecular complexity index is 1100. The molecule has 10 nitrogen and oxygen atoms in total. The second-order valence-corrected chi connectivity index (χ2v) is 9.23. The first-order valence-electron chi connectivity index (χ1n) is 12.7. The number of amides is 2. The van der Waals surface area contributed by atoms with Crippen molar-refractivity contribution in [2.75, 3.05) is 68.6 Å². The van der Waals surface area contributed by atoms with Gasteiger partial charge in [0.05, 0.1) is 19.0 Å². The fourth-order valence-corrected chi connectivity index (χ4v) is 4.51. The molecule has 1 aliphatic heterocycles. The summed E-state index contributed by atoms with van der Waals surface area (Å²) in [6.45, 7) is 8.18. The summed E-state index contributed by atoms with van der Waals surface area (Å²) < 4.78 is 5.64. The molecule has 2 aliphatic rings. The lowest BCUT2D eigenvalue weighted by Crippen LogP contribution is -2.34. The highest BCUT2D eigenvalue weighted by molar-refractivity contribution is 5.97. The van der Waals surface area contributed by atoms with Crippen molar-refractivity contribution >= 4 is 35.0 Å². The van der Waals surface area contributed by atoms with E-state index in [1.54, 1.807) is 37.4 Å². The highest BCUT2D eigenvalue weighted by Gasteiger charge is 2.35. The normalized spacial score (nSPS) is 15.6. The molecule has 0 spiro atoms. The van der Waals surface area contributed by atoms with Gasteiger partial charge in [0.1, 0.15) is 11.4 Å². The molecule has 0 radical (unpaired) electrons. The fraction of sp³-hybridized carbons (Fsp3) is 0.538. The van der Waals surface area contributed by atoms with Crippen LogP contribution in [0.3, 0.4) is 0 Å². The number of nitrogens with zero attached hydrogens (tertiary/aromatic N) is 6. The quantitative estimate of drug-likeness (QED) is 0.538. The summed E-state index contributed by atoms with van der Waals surface area (Å²) in [4.78, 5) is 42.7. The van der Waals surface area contributed by atoms with Crippen LogP contribution in [0.2, 0.25) is 0 Å². The van der Waals surface area contributed by atoms with E-state index in [0.29, 0.717) is 42.8 Å². The summed E-state index contributed by atoms with van der Waals surface area (Å²) >= 11 is 0. The van der Waals surface area contributed by atoms with Gasteiger partial charge in [-0.3, -0.25) is 9.59 Å². The molecule has 4 rings (SSSR count). The third-order valence-corrected chi connectivity index (χ3v) is 7.01. The number of methoxy groups -OCH3 is 1. The molecule has 10 heteroatoms. The Hall–Kier alpha value is -3.40. The Kier molecular flexibility index (Phi) is 7.93. The minimum Gasteiger partial charge on any atom is -0.495 e. The minimum absolute atomic E-state index is 0.0664. The van der Waals surface area contributed by atoms with E-state index >= 15 is 0 Å². The average molecular weight is 496 g/mol. The van der Waals surface area contributed by atoms with Crippen molar-refractivity contribution in [2.24, 2.45) is 0 Å². The van der Waals surface area contributed by atoms with Gasteiger partial charge in [-0.05, 0) is 44.1 Å². The third kappa shape index (κ3) is 5.38. The molecule has 2 amide bonds. The van der Waals surface area contributed by atoms with Crippen molar-refractivity contribution in [3.05, 3.63) is 30.0 Å². The van der Waals surface area contributed by atoms with Gasteiger partial charge in [-0.15, -0.1) is 0 Å². The van der Waals surface area contributed by atoms with E-state index in [1.165, 1.54) is 0 Å². The van der Waals surface area contributed by atoms with Crippen molar-refractivity contribution in [1.82, 2.24) is 20.2 Å². The smallest absolute Gasteiger partial charge is 0.251 e. The van der Waals surface area contributed by atoms with Crippen molar-refractivity contribution in [3.8, 4) is 5.75 Å². The lowest BCUT2D eigenvalue weighted by Gasteiger charge is -2.26. The van der Waals surface area contributed by atoms with Crippen molar-refractivity contribution in [3.63, 3.8) is 0 Å². The first-order chi connectivity index (χ1) is 17.4. The monoisotopic (exact) mass is 495 g/mol. The van der Waals surface area contributed by atoms with Crippen LogP contribution < -0.4 is 24.8 Å². The number of ether oxygens (including phenoxy) is 1. The Morgan fingerprint density at radius 2 is 2.00 bits per heavy atom. The zero-order chi connectivity index (χ0) is 25.8. The molecule has 1 aromatic heterocycles. The van der Waals surface area contributed by atoms with Gasteiger partial charge in [-0.1, -0.05) is 13.8 Å². The Labute approximate surface area is 213 Å². The Balaban J connectivity index is 1.55. The molecular weight excluding hydrogens is 458 g/mol. The van der Waals surface area contributed by atoms with Crippen molar-refractivity contribution in [1.29, 1.82) is 0 Å². The van der Waals surface area contributed by atoms with E-state index in [-0.39, 0.29) is 11.8 Å². The topological polar surface area (TPSA) is 94.1 Å². The number of nitrogens with one attached hydrogen (secondary N) is 1. The molecular formula is C26H37N7O3. The molecule has 2 heterocycles. The molecule has 0 saturated heterocycles. The van der Waals surface area contributed by atoms with E-state index in [9.17, 15) is 9.59 Å². The van der Waals surface area contributed by atoms with Crippen LogP contribution in [0.15, 0.2) is 24.4 Å². The van der Waals surface area contributed by atoms with Gasteiger partial charge in [0.15, 0.2) is 5.82 Å². The molecule has 194 valence electrons. The van der Waals surface area contributed by atoms with Crippen molar-refractivity contribution < 1.29 is 14.3 Å².